The van der Waals surface area contributed by atoms with E-state index in [-0.39, 0.29) is 12.1 Å². The summed E-state index contributed by atoms with van der Waals surface area (Å²) in [5.41, 5.74) is 3.41. The van der Waals surface area contributed by atoms with Gasteiger partial charge in [0.1, 0.15) is 5.15 Å². The second kappa shape index (κ2) is 10.9. The van der Waals surface area contributed by atoms with E-state index in [9.17, 15) is 18.0 Å². The van der Waals surface area contributed by atoms with Crippen molar-refractivity contribution < 1.29 is 32.6 Å². The first-order valence-corrected chi connectivity index (χ1v) is 9.36. The number of nitrogens with one attached hydrogen (secondary N) is 3. The number of carboxylic acid groups (broad SMARTS) is 1. The number of morpholine rings is 1. The first-order valence-electron chi connectivity index (χ1n) is 8.99. The van der Waals surface area contributed by atoms with Crippen molar-refractivity contribution in [1.29, 1.82) is 0 Å². The third-order valence-corrected chi connectivity index (χ3v) is 4.25. The summed E-state index contributed by atoms with van der Waals surface area (Å²) in [5.74, 6) is -2.76. The maximum absolute atomic E-state index is 12.1. The number of nitrogens with zero attached hydrogens (tertiary/aromatic N) is 1. The molecular weight excluding hydrogens is 441 g/mol. The van der Waals surface area contributed by atoms with Crippen LogP contribution < -0.4 is 16.0 Å². The van der Waals surface area contributed by atoms with Crippen molar-refractivity contribution in [3.8, 4) is 0 Å². The number of hydrogen-bond donors (Lipinski definition) is 4. The summed E-state index contributed by atoms with van der Waals surface area (Å²) in [6.45, 7) is 4.35. The maximum atomic E-state index is 12.1. The van der Waals surface area contributed by atoms with Gasteiger partial charge in [-0.2, -0.15) is 13.2 Å². The van der Waals surface area contributed by atoms with Crippen molar-refractivity contribution in [2.45, 2.75) is 19.2 Å². The van der Waals surface area contributed by atoms with Crippen molar-refractivity contribution >= 4 is 35.0 Å². The Balaban J connectivity index is 0.000000423. The van der Waals surface area contributed by atoms with Crippen LogP contribution in [-0.4, -0.2) is 48.0 Å². The largest absolute Gasteiger partial charge is 0.490 e. The van der Waals surface area contributed by atoms with Crippen LogP contribution >= 0.6 is 11.6 Å². The summed E-state index contributed by atoms with van der Waals surface area (Å²) in [7, 11) is 0. The highest BCUT2D eigenvalue weighted by Gasteiger charge is 2.38. The lowest BCUT2D eigenvalue weighted by Crippen LogP contribution is -2.33. The molecule has 0 unspecified atom stereocenters. The van der Waals surface area contributed by atoms with E-state index in [2.05, 4.69) is 20.9 Å². The molecule has 2 aromatic rings. The molecule has 2 heterocycles. The van der Waals surface area contributed by atoms with Crippen LogP contribution in [0.3, 0.4) is 0 Å². The van der Waals surface area contributed by atoms with Gasteiger partial charge in [-0.25, -0.2) is 14.6 Å². The fraction of sp³-hybridized carbons (Fsp3) is 0.316. The topological polar surface area (TPSA) is 113 Å². The molecule has 0 aliphatic carbocycles. The number of halogens is 4. The number of pyridine rings is 1. The summed E-state index contributed by atoms with van der Waals surface area (Å²) in [4.78, 5) is 24.9. The van der Waals surface area contributed by atoms with Gasteiger partial charge < -0.3 is 25.8 Å². The van der Waals surface area contributed by atoms with E-state index in [1.807, 2.05) is 25.1 Å². The number of anilines is 2. The van der Waals surface area contributed by atoms with Gasteiger partial charge in [-0.15, -0.1) is 0 Å². The number of ether oxygens (including phenoxy) is 1. The Kier molecular flexibility index (Phi) is 8.60. The van der Waals surface area contributed by atoms with Crippen LogP contribution in [-0.2, 0) is 9.53 Å². The summed E-state index contributed by atoms with van der Waals surface area (Å²) in [5, 5.41) is 16.4. The third-order valence-electron chi connectivity index (χ3n) is 4.03. The molecule has 2 amide bonds. The molecule has 1 aromatic carbocycles. The monoisotopic (exact) mass is 460 g/mol. The summed E-state index contributed by atoms with van der Waals surface area (Å²) in [6.07, 6.45) is -3.52. The molecule has 1 aliphatic rings. The second-order valence-electron chi connectivity index (χ2n) is 6.39. The summed E-state index contributed by atoms with van der Waals surface area (Å²) >= 11 is 5.72. The molecule has 4 N–H and O–H groups in total. The van der Waals surface area contributed by atoms with E-state index in [0.717, 1.165) is 29.9 Å². The van der Waals surface area contributed by atoms with E-state index in [1.54, 1.807) is 12.1 Å². The number of carbonyl (C=O) groups excluding carboxylic acids is 1. The average molecular weight is 461 g/mol. The maximum Gasteiger partial charge on any atom is 0.490 e. The minimum absolute atomic E-state index is 0.0560. The number of rotatable bonds is 3. The van der Waals surface area contributed by atoms with E-state index in [1.165, 1.54) is 6.20 Å². The predicted octanol–water partition coefficient (Wildman–Crippen LogP) is 3.98. The normalized spacial score (nSPS) is 16.0. The number of carboxylic acids is 1. The van der Waals surface area contributed by atoms with Crippen molar-refractivity contribution in [3.05, 3.63) is 52.8 Å². The SMILES string of the molecule is Cc1cc([C@@H]2CNCCO2)ccc1NC(=O)Nc1ccc(Cl)nc1.O=C(O)C(F)(F)F. The summed E-state index contributed by atoms with van der Waals surface area (Å²) in [6, 6.07) is 8.89. The molecule has 0 saturated carbocycles. The number of urea groups is 1. The molecule has 12 heteroatoms. The minimum Gasteiger partial charge on any atom is -0.475 e. The minimum atomic E-state index is -5.08. The van der Waals surface area contributed by atoms with Gasteiger partial charge in [0.15, 0.2) is 0 Å². The quantitative estimate of drug-likeness (QED) is 0.515. The third kappa shape index (κ3) is 8.04. The zero-order chi connectivity index (χ0) is 23.0. The highest BCUT2D eigenvalue weighted by Crippen LogP contribution is 2.24. The number of amides is 2. The van der Waals surface area contributed by atoms with Crippen molar-refractivity contribution in [3.63, 3.8) is 0 Å². The van der Waals surface area contributed by atoms with Crippen LogP contribution in [0.25, 0.3) is 0 Å². The predicted molar refractivity (Wildman–Crippen MR) is 108 cm³/mol. The summed E-state index contributed by atoms with van der Waals surface area (Å²) < 4.78 is 37.5. The first-order chi connectivity index (χ1) is 14.6. The number of alkyl halides is 3. The molecular formula is C19H20ClF3N4O4. The van der Waals surface area contributed by atoms with Crippen molar-refractivity contribution in [2.75, 3.05) is 30.3 Å². The Morgan fingerprint density at radius 2 is 1.97 bits per heavy atom. The zero-order valence-electron chi connectivity index (χ0n) is 16.3. The van der Waals surface area contributed by atoms with Crippen LogP contribution in [0.1, 0.15) is 17.2 Å². The van der Waals surface area contributed by atoms with Crippen LogP contribution in [0.4, 0.5) is 29.3 Å². The van der Waals surface area contributed by atoms with Crippen LogP contribution in [0.5, 0.6) is 0 Å². The Hall–Kier alpha value is -2.89. The molecule has 1 atom stereocenters. The highest BCUT2D eigenvalue weighted by molar-refractivity contribution is 6.29. The number of hydrogen-bond acceptors (Lipinski definition) is 5. The average Bonchev–Trinajstić information content (AvgIpc) is 2.71. The molecule has 168 valence electrons. The standard InChI is InChI=1S/C17H19ClN4O2.C2HF3O2/c1-11-8-12(15-10-19-6-7-24-15)2-4-14(11)22-17(23)21-13-3-5-16(18)20-9-13;3-2(4,5)1(6)7/h2-5,8-9,15,19H,6-7,10H2,1H3,(H2,21,22,23);(H,6,7)/t15-;/m0./s1. The molecule has 31 heavy (non-hydrogen) atoms. The van der Waals surface area contributed by atoms with E-state index in [0.29, 0.717) is 17.4 Å². The molecule has 1 aromatic heterocycles. The van der Waals surface area contributed by atoms with Crippen LogP contribution in [0.2, 0.25) is 5.15 Å². The van der Waals surface area contributed by atoms with Gasteiger partial charge in [-0.3, -0.25) is 0 Å². The fourth-order valence-corrected chi connectivity index (χ4v) is 2.65. The number of aryl methyl sites for hydroxylation is 1. The number of carbonyl (C=O) groups is 2. The van der Waals surface area contributed by atoms with Gasteiger partial charge in [-0.05, 0) is 36.2 Å². The van der Waals surface area contributed by atoms with Crippen LogP contribution in [0, 0.1) is 6.92 Å². The van der Waals surface area contributed by atoms with Gasteiger partial charge in [0, 0.05) is 18.8 Å². The van der Waals surface area contributed by atoms with Gasteiger partial charge >= 0.3 is 18.2 Å². The number of aromatic nitrogens is 1. The molecule has 8 nitrogen and oxygen atoms in total. The van der Waals surface area contributed by atoms with Crippen molar-refractivity contribution in [1.82, 2.24) is 10.3 Å². The van der Waals surface area contributed by atoms with E-state index in [4.69, 9.17) is 26.2 Å². The molecule has 1 saturated heterocycles. The molecule has 0 bridgehead atoms. The smallest absolute Gasteiger partial charge is 0.475 e. The zero-order valence-corrected chi connectivity index (χ0v) is 17.0. The van der Waals surface area contributed by atoms with Crippen molar-refractivity contribution in [2.24, 2.45) is 0 Å². The number of benzene rings is 1. The second-order valence-corrected chi connectivity index (χ2v) is 6.78. The molecule has 1 fully saturated rings. The Bertz CT molecular complexity index is 904. The van der Waals surface area contributed by atoms with E-state index < -0.39 is 12.1 Å². The fourth-order valence-electron chi connectivity index (χ4n) is 2.54. The lowest BCUT2D eigenvalue weighted by molar-refractivity contribution is -0.192. The van der Waals surface area contributed by atoms with Gasteiger partial charge in [0.2, 0.25) is 0 Å². The molecule has 3 rings (SSSR count). The van der Waals surface area contributed by atoms with Crippen LogP contribution in [0.15, 0.2) is 36.5 Å². The lowest BCUT2D eigenvalue weighted by Gasteiger charge is -2.24. The Labute approximate surface area is 180 Å². The lowest BCUT2D eigenvalue weighted by atomic mass is 10.0. The molecule has 1 aliphatic heterocycles. The highest BCUT2D eigenvalue weighted by atomic mass is 35.5. The Morgan fingerprint density at radius 1 is 1.26 bits per heavy atom. The number of aliphatic carboxylic acids is 1. The van der Waals surface area contributed by atoms with Gasteiger partial charge in [0.05, 0.1) is 24.6 Å². The molecule has 0 radical (unpaired) electrons. The Morgan fingerprint density at radius 3 is 2.48 bits per heavy atom. The molecule has 0 spiro atoms. The first kappa shape index (κ1) is 24.4. The van der Waals surface area contributed by atoms with Gasteiger partial charge in [0.25, 0.3) is 0 Å². The van der Waals surface area contributed by atoms with E-state index >= 15 is 0 Å². The van der Waals surface area contributed by atoms with Gasteiger partial charge in [-0.1, -0.05) is 23.7 Å².